The van der Waals surface area contributed by atoms with E-state index in [-0.39, 0.29) is 0 Å². The number of aliphatic hydroxyl groups excluding tert-OH is 1. The van der Waals surface area contributed by atoms with Crippen molar-refractivity contribution in [1.29, 1.82) is 0 Å². The fraction of sp³-hybridized carbons (Fsp3) is 0.286. The summed E-state index contributed by atoms with van der Waals surface area (Å²) in [7, 11) is 0. The van der Waals surface area contributed by atoms with Gasteiger partial charge in [0.05, 0.1) is 5.69 Å². The molecule has 0 saturated carbocycles. The Balaban J connectivity index is 2.22. The van der Waals surface area contributed by atoms with E-state index in [0.29, 0.717) is 17.8 Å². The van der Waals surface area contributed by atoms with Gasteiger partial charge < -0.3 is 10.8 Å². The number of aliphatic hydroxyl groups is 1. The lowest BCUT2D eigenvalue weighted by molar-refractivity contribution is 0.173. The van der Waals surface area contributed by atoms with Crippen molar-refractivity contribution in [3.05, 3.63) is 53.1 Å². The summed E-state index contributed by atoms with van der Waals surface area (Å²) in [6.07, 6.45) is 4.86. The highest BCUT2D eigenvalue weighted by atomic mass is 16.3. The van der Waals surface area contributed by atoms with Crippen LogP contribution in [0.3, 0.4) is 0 Å². The summed E-state index contributed by atoms with van der Waals surface area (Å²) in [6.45, 7) is 3.93. The normalized spacial score (nSPS) is 12.4. The molecule has 2 aromatic heterocycles. The van der Waals surface area contributed by atoms with Crippen LogP contribution in [0.4, 0.5) is 5.69 Å². The minimum atomic E-state index is -0.655. The van der Waals surface area contributed by atoms with Crippen molar-refractivity contribution >= 4 is 5.69 Å². The van der Waals surface area contributed by atoms with Gasteiger partial charge in [0.15, 0.2) is 0 Å². The highest BCUT2D eigenvalue weighted by Crippen LogP contribution is 2.22. The maximum absolute atomic E-state index is 10.2. The summed E-state index contributed by atoms with van der Waals surface area (Å²) in [5, 5.41) is 10.2. The molecule has 0 aliphatic heterocycles. The van der Waals surface area contributed by atoms with Crippen molar-refractivity contribution in [1.82, 2.24) is 9.97 Å². The maximum atomic E-state index is 10.2. The number of nitrogens with zero attached hydrogens (tertiary/aromatic N) is 2. The SMILES string of the molecule is Cc1cnc(C(O)Cc2cnccc2N)c(C)c1. The van der Waals surface area contributed by atoms with Gasteiger partial charge >= 0.3 is 0 Å². The molecule has 0 amide bonds. The van der Waals surface area contributed by atoms with E-state index in [0.717, 1.165) is 16.7 Å². The van der Waals surface area contributed by atoms with Crippen LogP contribution >= 0.6 is 0 Å². The van der Waals surface area contributed by atoms with E-state index in [9.17, 15) is 5.11 Å². The number of hydrogen-bond donors (Lipinski definition) is 2. The topological polar surface area (TPSA) is 72.0 Å². The summed E-state index contributed by atoms with van der Waals surface area (Å²) in [5.41, 5.74) is 10.1. The molecule has 0 saturated heterocycles. The minimum absolute atomic E-state index is 0.427. The lowest BCUT2D eigenvalue weighted by Crippen LogP contribution is -2.08. The largest absolute Gasteiger partial charge is 0.398 e. The van der Waals surface area contributed by atoms with E-state index in [1.165, 1.54) is 0 Å². The van der Waals surface area contributed by atoms with Gasteiger partial charge in [-0.05, 0) is 36.6 Å². The molecule has 18 heavy (non-hydrogen) atoms. The van der Waals surface area contributed by atoms with Gasteiger partial charge in [0.25, 0.3) is 0 Å². The van der Waals surface area contributed by atoms with Crippen molar-refractivity contribution in [3.8, 4) is 0 Å². The van der Waals surface area contributed by atoms with Gasteiger partial charge in [-0.25, -0.2) is 0 Å². The minimum Gasteiger partial charge on any atom is -0.398 e. The number of nitrogens with two attached hydrogens (primary N) is 1. The molecule has 1 unspecified atom stereocenters. The van der Waals surface area contributed by atoms with Crippen molar-refractivity contribution < 1.29 is 5.11 Å². The Morgan fingerprint density at radius 2 is 2.11 bits per heavy atom. The van der Waals surface area contributed by atoms with E-state index in [4.69, 9.17) is 5.73 Å². The van der Waals surface area contributed by atoms with Gasteiger partial charge in [0, 0.05) is 30.7 Å². The summed E-state index contributed by atoms with van der Waals surface area (Å²) >= 11 is 0. The van der Waals surface area contributed by atoms with Crippen LogP contribution in [0.2, 0.25) is 0 Å². The molecule has 2 heterocycles. The number of aryl methyl sites for hydroxylation is 2. The molecule has 94 valence electrons. The Hall–Kier alpha value is -1.94. The fourth-order valence-corrected chi connectivity index (χ4v) is 1.99. The smallest absolute Gasteiger partial charge is 0.100 e. The third-order valence-corrected chi connectivity index (χ3v) is 2.93. The van der Waals surface area contributed by atoms with Crippen LogP contribution in [0.25, 0.3) is 0 Å². The Morgan fingerprint density at radius 1 is 1.33 bits per heavy atom. The summed E-state index contributed by atoms with van der Waals surface area (Å²) < 4.78 is 0. The number of aromatic nitrogens is 2. The monoisotopic (exact) mass is 243 g/mol. The van der Waals surface area contributed by atoms with Gasteiger partial charge in [0.1, 0.15) is 6.10 Å². The second-order valence-corrected chi connectivity index (χ2v) is 4.51. The first-order valence-corrected chi connectivity index (χ1v) is 5.87. The second-order valence-electron chi connectivity index (χ2n) is 4.51. The van der Waals surface area contributed by atoms with Crippen LogP contribution in [-0.4, -0.2) is 15.1 Å². The quantitative estimate of drug-likeness (QED) is 0.864. The molecular formula is C14H17N3O. The Kier molecular flexibility index (Phi) is 3.58. The summed E-state index contributed by atoms with van der Waals surface area (Å²) in [6, 6.07) is 3.75. The van der Waals surface area contributed by atoms with Crippen LogP contribution in [0.15, 0.2) is 30.7 Å². The average Bonchev–Trinajstić information content (AvgIpc) is 2.32. The Labute approximate surface area is 107 Å². The molecule has 0 bridgehead atoms. The average molecular weight is 243 g/mol. The van der Waals surface area contributed by atoms with Crippen LogP contribution in [-0.2, 0) is 6.42 Å². The van der Waals surface area contributed by atoms with E-state index in [1.807, 2.05) is 19.9 Å². The van der Waals surface area contributed by atoms with Crippen molar-refractivity contribution in [2.45, 2.75) is 26.4 Å². The molecule has 0 aromatic carbocycles. The standard InChI is InChI=1S/C14H17N3O/c1-9-5-10(2)14(17-7-9)13(18)6-11-8-16-4-3-12(11)15/h3-5,7-8,13,18H,6H2,1-2H3,(H2,15,16). The Morgan fingerprint density at radius 3 is 2.78 bits per heavy atom. The van der Waals surface area contributed by atoms with Crippen LogP contribution in [0, 0.1) is 13.8 Å². The lowest BCUT2D eigenvalue weighted by Gasteiger charge is -2.14. The molecule has 0 spiro atoms. The number of nitrogen functional groups attached to an aromatic ring is 1. The first kappa shape index (κ1) is 12.5. The molecule has 2 rings (SSSR count). The van der Waals surface area contributed by atoms with Crippen molar-refractivity contribution in [2.24, 2.45) is 0 Å². The number of pyridine rings is 2. The van der Waals surface area contributed by atoms with E-state index >= 15 is 0 Å². The zero-order valence-electron chi connectivity index (χ0n) is 10.6. The van der Waals surface area contributed by atoms with Crippen LogP contribution in [0.1, 0.15) is 28.5 Å². The first-order chi connectivity index (χ1) is 8.58. The van der Waals surface area contributed by atoms with Crippen molar-refractivity contribution in [3.63, 3.8) is 0 Å². The molecule has 1 atom stereocenters. The molecule has 0 fully saturated rings. The number of anilines is 1. The van der Waals surface area contributed by atoms with E-state index in [1.54, 1.807) is 24.7 Å². The van der Waals surface area contributed by atoms with E-state index in [2.05, 4.69) is 9.97 Å². The highest BCUT2D eigenvalue weighted by Gasteiger charge is 2.14. The molecule has 0 aliphatic carbocycles. The van der Waals surface area contributed by atoms with Crippen LogP contribution < -0.4 is 5.73 Å². The molecule has 3 N–H and O–H groups in total. The molecule has 4 heteroatoms. The summed E-state index contributed by atoms with van der Waals surface area (Å²) in [4.78, 5) is 8.31. The van der Waals surface area contributed by atoms with E-state index < -0.39 is 6.10 Å². The Bertz CT molecular complexity index is 554. The van der Waals surface area contributed by atoms with Gasteiger partial charge in [-0.2, -0.15) is 0 Å². The van der Waals surface area contributed by atoms with Gasteiger partial charge in [-0.15, -0.1) is 0 Å². The molecule has 2 aromatic rings. The van der Waals surface area contributed by atoms with Gasteiger partial charge in [0.2, 0.25) is 0 Å². The number of hydrogen-bond acceptors (Lipinski definition) is 4. The molecule has 0 radical (unpaired) electrons. The molecule has 4 nitrogen and oxygen atoms in total. The van der Waals surface area contributed by atoms with Crippen LogP contribution in [0.5, 0.6) is 0 Å². The van der Waals surface area contributed by atoms with Gasteiger partial charge in [-0.3, -0.25) is 9.97 Å². The molecular weight excluding hydrogens is 226 g/mol. The highest BCUT2D eigenvalue weighted by molar-refractivity contribution is 5.45. The number of rotatable bonds is 3. The zero-order valence-corrected chi connectivity index (χ0v) is 10.6. The van der Waals surface area contributed by atoms with Crippen molar-refractivity contribution in [2.75, 3.05) is 5.73 Å². The third kappa shape index (κ3) is 2.65. The van der Waals surface area contributed by atoms with Gasteiger partial charge in [-0.1, -0.05) is 6.07 Å². The third-order valence-electron chi connectivity index (χ3n) is 2.93. The predicted molar refractivity (Wildman–Crippen MR) is 71.0 cm³/mol. The second kappa shape index (κ2) is 5.14. The first-order valence-electron chi connectivity index (χ1n) is 5.87. The summed E-state index contributed by atoms with van der Waals surface area (Å²) in [5.74, 6) is 0. The predicted octanol–water partition coefficient (Wildman–Crippen LogP) is 1.95. The zero-order chi connectivity index (χ0) is 13.1. The molecule has 0 aliphatic rings. The lowest BCUT2D eigenvalue weighted by atomic mass is 10.0. The fourth-order valence-electron chi connectivity index (χ4n) is 1.99. The maximum Gasteiger partial charge on any atom is 0.100 e.